The van der Waals surface area contributed by atoms with E-state index in [0.717, 1.165) is 19.6 Å². The first kappa shape index (κ1) is 10.1. The summed E-state index contributed by atoms with van der Waals surface area (Å²) >= 11 is -1.72. The smallest absolute Gasteiger partial charge is 0.261 e. The van der Waals surface area contributed by atoms with Crippen molar-refractivity contribution in [2.75, 3.05) is 19.6 Å². The van der Waals surface area contributed by atoms with Gasteiger partial charge in [-0.25, -0.2) is 3.89 Å². The van der Waals surface area contributed by atoms with Crippen LogP contribution in [0.3, 0.4) is 0 Å². The molecule has 10 heavy (non-hydrogen) atoms. The summed E-state index contributed by atoms with van der Waals surface area (Å²) in [6.07, 6.45) is 0. The summed E-state index contributed by atoms with van der Waals surface area (Å²) in [7, 11) is 0. The SMILES string of the molecule is CC[N+](CC)(CC)S(=O)O. The van der Waals surface area contributed by atoms with E-state index in [-0.39, 0.29) is 0 Å². The molecule has 0 fully saturated rings. The molecule has 0 aromatic carbocycles. The van der Waals surface area contributed by atoms with E-state index in [4.69, 9.17) is 4.55 Å². The van der Waals surface area contributed by atoms with Gasteiger partial charge in [-0.2, -0.15) is 4.21 Å². The second-order valence-electron chi connectivity index (χ2n) is 2.24. The Morgan fingerprint density at radius 3 is 1.50 bits per heavy atom. The molecule has 0 spiro atoms. The Hall–Kier alpha value is 0.0700. The van der Waals surface area contributed by atoms with Crippen LogP contribution in [0.15, 0.2) is 0 Å². The Bertz CT molecular complexity index is 115. The van der Waals surface area contributed by atoms with Gasteiger partial charge in [0.25, 0.3) is 0 Å². The first-order valence-corrected chi connectivity index (χ1v) is 4.67. The standard InChI is InChI=1S/C6H15NO2S/c1-4-7(5-2,6-3)10(8)9/h4-6H2,1-3H3/p+1. The fourth-order valence-electron chi connectivity index (χ4n) is 1.00. The molecule has 0 amide bonds. The minimum atomic E-state index is -1.72. The topological polar surface area (TPSA) is 37.3 Å². The van der Waals surface area contributed by atoms with Crippen LogP contribution in [0.5, 0.6) is 0 Å². The maximum absolute atomic E-state index is 10.8. The van der Waals surface area contributed by atoms with Gasteiger partial charge in [-0.3, -0.25) is 4.55 Å². The van der Waals surface area contributed by atoms with E-state index < -0.39 is 11.3 Å². The Morgan fingerprint density at radius 1 is 1.20 bits per heavy atom. The molecule has 0 aromatic rings. The largest absolute Gasteiger partial charge is 0.358 e. The predicted molar refractivity (Wildman–Crippen MR) is 42.7 cm³/mol. The van der Waals surface area contributed by atoms with E-state index in [1.54, 1.807) is 0 Å². The van der Waals surface area contributed by atoms with Crippen LogP contribution in [0.1, 0.15) is 20.8 Å². The van der Waals surface area contributed by atoms with E-state index in [0.29, 0.717) is 3.89 Å². The molecule has 3 nitrogen and oxygen atoms in total. The Labute approximate surface area is 65.0 Å². The van der Waals surface area contributed by atoms with Crippen molar-refractivity contribution in [2.24, 2.45) is 0 Å². The zero-order valence-corrected chi connectivity index (χ0v) is 7.65. The van der Waals surface area contributed by atoms with E-state index in [2.05, 4.69) is 0 Å². The van der Waals surface area contributed by atoms with Crippen LogP contribution in [0.4, 0.5) is 0 Å². The maximum Gasteiger partial charge on any atom is 0.358 e. The molecular weight excluding hydrogens is 150 g/mol. The molecule has 0 saturated carbocycles. The molecule has 1 unspecified atom stereocenters. The molecule has 4 heteroatoms. The van der Waals surface area contributed by atoms with E-state index in [1.165, 1.54) is 0 Å². The highest BCUT2D eigenvalue weighted by atomic mass is 32.2. The van der Waals surface area contributed by atoms with Crippen molar-refractivity contribution >= 4 is 11.3 Å². The van der Waals surface area contributed by atoms with Crippen molar-refractivity contribution in [2.45, 2.75) is 20.8 Å². The molecule has 1 atom stereocenters. The monoisotopic (exact) mass is 166 g/mol. The van der Waals surface area contributed by atoms with Crippen molar-refractivity contribution in [3.8, 4) is 0 Å². The average molecular weight is 166 g/mol. The second kappa shape index (κ2) is 4.05. The van der Waals surface area contributed by atoms with Crippen molar-refractivity contribution in [3.05, 3.63) is 0 Å². The summed E-state index contributed by atoms with van der Waals surface area (Å²) in [5.74, 6) is 0. The van der Waals surface area contributed by atoms with Crippen LogP contribution in [0.2, 0.25) is 0 Å². The average Bonchev–Trinajstić information content (AvgIpc) is 1.92. The van der Waals surface area contributed by atoms with Crippen molar-refractivity contribution in [1.29, 1.82) is 0 Å². The Balaban J connectivity index is 4.31. The lowest BCUT2D eigenvalue weighted by Gasteiger charge is -2.28. The third-order valence-corrected chi connectivity index (χ3v) is 3.50. The van der Waals surface area contributed by atoms with Gasteiger partial charge < -0.3 is 0 Å². The summed E-state index contributed by atoms with van der Waals surface area (Å²) in [5, 5.41) is 0. The highest BCUT2D eigenvalue weighted by Gasteiger charge is 2.27. The maximum atomic E-state index is 10.8. The van der Waals surface area contributed by atoms with Crippen LogP contribution >= 0.6 is 0 Å². The number of hydrogen-bond donors (Lipinski definition) is 1. The van der Waals surface area contributed by atoms with Crippen molar-refractivity contribution < 1.29 is 12.6 Å². The van der Waals surface area contributed by atoms with E-state index in [1.807, 2.05) is 20.8 Å². The molecule has 0 radical (unpaired) electrons. The second-order valence-corrected chi connectivity index (χ2v) is 3.47. The number of rotatable bonds is 4. The first-order valence-electron chi connectivity index (χ1n) is 3.60. The lowest BCUT2D eigenvalue weighted by molar-refractivity contribution is -0.800. The van der Waals surface area contributed by atoms with Gasteiger partial charge in [0.15, 0.2) is 0 Å². The summed E-state index contributed by atoms with van der Waals surface area (Å²) in [6.45, 7) is 7.95. The predicted octanol–water partition coefficient (Wildman–Crippen LogP) is 1.000. The van der Waals surface area contributed by atoms with Gasteiger partial charge >= 0.3 is 11.3 Å². The third-order valence-electron chi connectivity index (χ3n) is 2.06. The lowest BCUT2D eigenvalue weighted by atomic mass is 10.5. The zero-order chi connectivity index (χ0) is 8.20. The van der Waals surface area contributed by atoms with Crippen molar-refractivity contribution in [1.82, 2.24) is 0 Å². The summed E-state index contributed by atoms with van der Waals surface area (Å²) in [5.41, 5.74) is 0. The minimum Gasteiger partial charge on any atom is -0.261 e. The first-order chi connectivity index (χ1) is 4.63. The normalized spacial score (nSPS) is 15.2. The highest BCUT2D eigenvalue weighted by molar-refractivity contribution is 7.73. The molecule has 0 heterocycles. The molecule has 0 aliphatic heterocycles. The fourth-order valence-corrected chi connectivity index (χ4v) is 1.66. The summed E-state index contributed by atoms with van der Waals surface area (Å²) < 4.78 is 20.0. The molecule has 1 N–H and O–H groups in total. The van der Waals surface area contributed by atoms with Crippen LogP contribution in [-0.2, 0) is 11.3 Å². The molecule has 0 aliphatic carbocycles. The van der Waals surface area contributed by atoms with Gasteiger partial charge in [-0.15, -0.1) is 0 Å². The van der Waals surface area contributed by atoms with Gasteiger partial charge in [-0.1, -0.05) is 0 Å². The van der Waals surface area contributed by atoms with Gasteiger partial charge in [0.2, 0.25) is 0 Å². The highest BCUT2D eigenvalue weighted by Crippen LogP contribution is 2.07. The van der Waals surface area contributed by atoms with Crippen LogP contribution in [0.25, 0.3) is 0 Å². The molecule has 0 saturated heterocycles. The van der Waals surface area contributed by atoms with Crippen LogP contribution in [0, 0.1) is 0 Å². The van der Waals surface area contributed by atoms with Crippen LogP contribution < -0.4 is 0 Å². The lowest BCUT2D eigenvalue weighted by Crippen LogP contribution is -2.48. The number of nitrogens with zero attached hydrogens (tertiary/aromatic N) is 1. The van der Waals surface area contributed by atoms with Gasteiger partial charge in [0.05, 0.1) is 19.6 Å². The molecule has 0 aromatic heterocycles. The number of quaternary nitrogens is 1. The van der Waals surface area contributed by atoms with E-state index in [9.17, 15) is 4.21 Å². The fraction of sp³-hybridized carbons (Fsp3) is 1.00. The summed E-state index contributed by atoms with van der Waals surface area (Å²) in [4.78, 5) is 0. The number of hydrogen-bond acceptors (Lipinski definition) is 1. The molecule has 0 rings (SSSR count). The third kappa shape index (κ3) is 1.78. The van der Waals surface area contributed by atoms with Gasteiger partial charge in [0.1, 0.15) is 0 Å². The zero-order valence-electron chi connectivity index (χ0n) is 6.83. The molecule has 0 aliphatic rings. The van der Waals surface area contributed by atoms with Gasteiger partial charge in [0, 0.05) is 0 Å². The quantitative estimate of drug-likeness (QED) is 0.499. The molecule has 62 valence electrons. The Kier molecular flexibility index (Phi) is 4.08. The van der Waals surface area contributed by atoms with Gasteiger partial charge in [-0.05, 0) is 20.8 Å². The van der Waals surface area contributed by atoms with Crippen molar-refractivity contribution in [3.63, 3.8) is 0 Å². The van der Waals surface area contributed by atoms with E-state index >= 15 is 0 Å². The molecule has 0 bridgehead atoms. The summed E-state index contributed by atoms with van der Waals surface area (Å²) in [6, 6.07) is 0. The minimum absolute atomic E-state index is 0.292. The van der Waals surface area contributed by atoms with Crippen LogP contribution in [-0.4, -0.2) is 32.3 Å². The Morgan fingerprint density at radius 2 is 1.50 bits per heavy atom. The molecular formula is C6H16NO2S+.